The van der Waals surface area contributed by atoms with Crippen LogP contribution in [-0.2, 0) is 0 Å². The molecule has 1 aromatic heterocycles. The standard InChI is InChI=1S/C16H16BrClN2O/c1-2-19-14-8-16(13-5-3-10(17)9-20-13)21-15-6-4-11(18)7-12(14)15/h3-7,9,14,16,19H,2,8H2,1H3. The number of rotatable bonds is 3. The highest BCUT2D eigenvalue weighted by Crippen LogP contribution is 2.41. The largest absolute Gasteiger partial charge is 0.484 e. The molecule has 1 aromatic carbocycles. The third-order valence-corrected chi connectivity index (χ3v) is 4.30. The fourth-order valence-electron chi connectivity index (χ4n) is 2.64. The Labute approximate surface area is 137 Å². The number of nitrogens with zero attached hydrogens (tertiary/aromatic N) is 1. The molecule has 1 N–H and O–H groups in total. The van der Waals surface area contributed by atoms with Crippen LogP contribution >= 0.6 is 27.5 Å². The first-order chi connectivity index (χ1) is 10.2. The summed E-state index contributed by atoms with van der Waals surface area (Å²) in [5.74, 6) is 0.881. The molecule has 2 heterocycles. The zero-order valence-corrected chi connectivity index (χ0v) is 14.0. The second kappa shape index (κ2) is 6.34. The van der Waals surface area contributed by atoms with Crippen molar-refractivity contribution in [1.29, 1.82) is 0 Å². The molecular formula is C16H16BrClN2O. The molecular weight excluding hydrogens is 352 g/mol. The molecule has 2 atom stereocenters. The van der Waals surface area contributed by atoms with Crippen LogP contribution in [0.4, 0.5) is 0 Å². The van der Waals surface area contributed by atoms with Crippen LogP contribution in [-0.4, -0.2) is 11.5 Å². The quantitative estimate of drug-likeness (QED) is 0.856. The Kier molecular flexibility index (Phi) is 4.48. The molecule has 0 spiro atoms. The topological polar surface area (TPSA) is 34.2 Å². The fraction of sp³-hybridized carbons (Fsp3) is 0.312. The Bertz CT molecular complexity index is 633. The Morgan fingerprint density at radius 3 is 2.95 bits per heavy atom. The summed E-state index contributed by atoms with van der Waals surface area (Å²) in [4.78, 5) is 4.46. The van der Waals surface area contributed by atoms with Crippen molar-refractivity contribution < 1.29 is 4.74 Å². The number of pyridine rings is 1. The molecule has 21 heavy (non-hydrogen) atoms. The van der Waals surface area contributed by atoms with Gasteiger partial charge in [0.05, 0.1) is 5.69 Å². The van der Waals surface area contributed by atoms with E-state index in [9.17, 15) is 0 Å². The minimum Gasteiger partial charge on any atom is -0.484 e. The van der Waals surface area contributed by atoms with Gasteiger partial charge in [0.15, 0.2) is 0 Å². The van der Waals surface area contributed by atoms with E-state index in [1.807, 2.05) is 30.3 Å². The molecule has 1 aliphatic rings. The first-order valence-electron chi connectivity index (χ1n) is 6.98. The number of fused-ring (bicyclic) bond motifs is 1. The minimum absolute atomic E-state index is 0.0455. The van der Waals surface area contributed by atoms with Crippen LogP contribution in [0.15, 0.2) is 41.0 Å². The lowest BCUT2D eigenvalue weighted by Gasteiger charge is -2.32. The Balaban J connectivity index is 1.93. The summed E-state index contributed by atoms with van der Waals surface area (Å²) in [6, 6.07) is 10.0. The van der Waals surface area contributed by atoms with Crippen molar-refractivity contribution in [2.75, 3.05) is 6.54 Å². The highest BCUT2D eigenvalue weighted by molar-refractivity contribution is 9.10. The van der Waals surface area contributed by atoms with Gasteiger partial charge in [-0.05, 0) is 52.8 Å². The third kappa shape index (κ3) is 3.23. The van der Waals surface area contributed by atoms with E-state index in [4.69, 9.17) is 16.3 Å². The molecule has 0 fully saturated rings. The molecule has 0 radical (unpaired) electrons. The predicted octanol–water partition coefficient (Wildman–Crippen LogP) is 4.67. The fourth-order valence-corrected chi connectivity index (χ4v) is 3.05. The van der Waals surface area contributed by atoms with Crippen molar-refractivity contribution in [2.24, 2.45) is 0 Å². The van der Waals surface area contributed by atoms with Gasteiger partial charge in [0.2, 0.25) is 0 Å². The monoisotopic (exact) mass is 366 g/mol. The van der Waals surface area contributed by atoms with Gasteiger partial charge in [0.25, 0.3) is 0 Å². The van der Waals surface area contributed by atoms with Gasteiger partial charge in [-0.3, -0.25) is 4.98 Å². The molecule has 0 bridgehead atoms. The van der Waals surface area contributed by atoms with Crippen molar-refractivity contribution in [2.45, 2.75) is 25.5 Å². The second-order valence-electron chi connectivity index (χ2n) is 5.04. The second-order valence-corrected chi connectivity index (χ2v) is 6.39. The molecule has 0 saturated heterocycles. The number of halogens is 2. The third-order valence-electron chi connectivity index (χ3n) is 3.60. The molecule has 5 heteroatoms. The molecule has 0 amide bonds. The number of benzene rings is 1. The Morgan fingerprint density at radius 1 is 1.38 bits per heavy atom. The molecule has 0 aliphatic carbocycles. The summed E-state index contributed by atoms with van der Waals surface area (Å²) in [6.45, 7) is 3.00. The van der Waals surface area contributed by atoms with Gasteiger partial charge in [0, 0.05) is 33.7 Å². The van der Waals surface area contributed by atoms with Crippen LogP contribution in [0.1, 0.15) is 36.7 Å². The molecule has 110 valence electrons. The van der Waals surface area contributed by atoms with Gasteiger partial charge in [-0.2, -0.15) is 0 Å². The predicted molar refractivity (Wildman–Crippen MR) is 87.8 cm³/mol. The maximum absolute atomic E-state index is 6.11. The smallest absolute Gasteiger partial charge is 0.142 e. The van der Waals surface area contributed by atoms with Crippen molar-refractivity contribution in [1.82, 2.24) is 10.3 Å². The lowest BCUT2D eigenvalue weighted by molar-refractivity contribution is 0.148. The van der Waals surface area contributed by atoms with Crippen molar-refractivity contribution in [3.05, 3.63) is 57.3 Å². The van der Waals surface area contributed by atoms with Crippen LogP contribution < -0.4 is 10.1 Å². The lowest BCUT2D eigenvalue weighted by atomic mass is 9.95. The zero-order valence-electron chi connectivity index (χ0n) is 11.6. The van der Waals surface area contributed by atoms with E-state index >= 15 is 0 Å². The van der Waals surface area contributed by atoms with E-state index in [-0.39, 0.29) is 12.1 Å². The average Bonchev–Trinajstić information content (AvgIpc) is 2.48. The molecule has 3 rings (SSSR count). The summed E-state index contributed by atoms with van der Waals surface area (Å²) < 4.78 is 7.08. The summed E-state index contributed by atoms with van der Waals surface area (Å²) in [5.41, 5.74) is 2.07. The molecule has 1 aliphatic heterocycles. The Hall–Kier alpha value is -1.10. The van der Waals surface area contributed by atoms with E-state index in [1.165, 1.54) is 0 Å². The van der Waals surface area contributed by atoms with E-state index in [1.54, 1.807) is 6.20 Å². The zero-order chi connectivity index (χ0) is 14.8. The Morgan fingerprint density at radius 2 is 2.24 bits per heavy atom. The van der Waals surface area contributed by atoms with Crippen LogP contribution in [0.2, 0.25) is 5.02 Å². The summed E-state index contributed by atoms with van der Waals surface area (Å²) >= 11 is 9.52. The van der Waals surface area contributed by atoms with E-state index in [2.05, 4.69) is 33.2 Å². The van der Waals surface area contributed by atoms with Gasteiger partial charge in [0.1, 0.15) is 11.9 Å². The average molecular weight is 368 g/mol. The minimum atomic E-state index is -0.0455. The van der Waals surface area contributed by atoms with E-state index < -0.39 is 0 Å². The number of hydrogen-bond donors (Lipinski definition) is 1. The number of hydrogen-bond acceptors (Lipinski definition) is 3. The van der Waals surface area contributed by atoms with Crippen LogP contribution in [0, 0.1) is 0 Å². The van der Waals surface area contributed by atoms with Crippen LogP contribution in [0.3, 0.4) is 0 Å². The number of ether oxygens (including phenoxy) is 1. The molecule has 3 nitrogen and oxygen atoms in total. The van der Waals surface area contributed by atoms with E-state index in [0.29, 0.717) is 0 Å². The van der Waals surface area contributed by atoms with Crippen molar-refractivity contribution in [3.63, 3.8) is 0 Å². The lowest BCUT2D eigenvalue weighted by Crippen LogP contribution is -2.29. The molecule has 2 aromatic rings. The summed E-state index contributed by atoms with van der Waals surface area (Å²) in [5, 5.41) is 4.24. The van der Waals surface area contributed by atoms with Gasteiger partial charge < -0.3 is 10.1 Å². The normalized spacial score (nSPS) is 20.7. The van der Waals surface area contributed by atoms with Gasteiger partial charge in [-0.25, -0.2) is 0 Å². The van der Waals surface area contributed by atoms with E-state index in [0.717, 1.165) is 39.5 Å². The maximum Gasteiger partial charge on any atom is 0.142 e. The van der Waals surface area contributed by atoms with Gasteiger partial charge in [-0.15, -0.1) is 0 Å². The van der Waals surface area contributed by atoms with Crippen LogP contribution in [0.5, 0.6) is 5.75 Å². The van der Waals surface area contributed by atoms with Gasteiger partial charge in [-0.1, -0.05) is 18.5 Å². The van der Waals surface area contributed by atoms with Crippen LogP contribution in [0.25, 0.3) is 0 Å². The highest BCUT2D eigenvalue weighted by atomic mass is 79.9. The molecule has 0 saturated carbocycles. The van der Waals surface area contributed by atoms with Crippen molar-refractivity contribution in [3.8, 4) is 5.75 Å². The summed E-state index contributed by atoms with van der Waals surface area (Å²) in [7, 11) is 0. The SMILES string of the molecule is CCNC1CC(c2ccc(Br)cn2)Oc2ccc(Cl)cc21. The number of nitrogens with one attached hydrogen (secondary N) is 1. The first-order valence-corrected chi connectivity index (χ1v) is 8.15. The number of aromatic nitrogens is 1. The summed E-state index contributed by atoms with van der Waals surface area (Å²) in [6.07, 6.45) is 2.60. The highest BCUT2D eigenvalue weighted by Gasteiger charge is 2.29. The first kappa shape index (κ1) is 14.8. The van der Waals surface area contributed by atoms with Crippen molar-refractivity contribution >= 4 is 27.5 Å². The molecule has 2 unspecified atom stereocenters. The maximum atomic E-state index is 6.11. The van der Waals surface area contributed by atoms with Gasteiger partial charge >= 0.3 is 0 Å².